The first kappa shape index (κ1) is 22.7. The normalized spacial score (nSPS) is 12.3. The zero-order valence-corrected chi connectivity index (χ0v) is 18.1. The van der Waals surface area contributed by atoms with Gasteiger partial charge in [0.15, 0.2) is 0 Å². The van der Waals surface area contributed by atoms with Crippen LogP contribution < -0.4 is 0 Å². The van der Waals surface area contributed by atoms with Crippen LogP contribution in [0.25, 0.3) is 0 Å². The van der Waals surface area contributed by atoms with Crippen LogP contribution >= 0.6 is 0 Å². The maximum absolute atomic E-state index is 13.0. The Morgan fingerprint density at radius 2 is 1.55 bits per heavy atom. The summed E-state index contributed by atoms with van der Waals surface area (Å²) >= 11 is 0. The van der Waals surface area contributed by atoms with Gasteiger partial charge in [-0.1, -0.05) is 66.2 Å². The Kier molecular flexibility index (Phi) is 8.47. The van der Waals surface area contributed by atoms with Gasteiger partial charge < -0.3 is 9.47 Å². The highest BCUT2D eigenvalue weighted by Gasteiger charge is 2.29. The SMILES string of the molecule is C=C(C)CC(COCc1ccccc1)N(Cc1ccccc1)C(=O)OC(C)(C)C. The average Bonchev–Trinajstić information content (AvgIpc) is 2.65. The second-order valence-corrected chi connectivity index (χ2v) is 8.41. The van der Waals surface area contributed by atoms with Crippen molar-refractivity contribution in [1.29, 1.82) is 0 Å². The second-order valence-electron chi connectivity index (χ2n) is 8.41. The van der Waals surface area contributed by atoms with E-state index in [-0.39, 0.29) is 12.1 Å². The highest BCUT2D eigenvalue weighted by Crippen LogP contribution is 2.20. The van der Waals surface area contributed by atoms with Crippen molar-refractivity contribution >= 4 is 6.09 Å². The van der Waals surface area contributed by atoms with E-state index in [1.165, 1.54) is 0 Å². The van der Waals surface area contributed by atoms with Gasteiger partial charge in [0.2, 0.25) is 0 Å². The summed E-state index contributed by atoms with van der Waals surface area (Å²) < 4.78 is 11.7. The van der Waals surface area contributed by atoms with Crippen molar-refractivity contribution in [2.45, 2.75) is 58.9 Å². The van der Waals surface area contributed by atoms with E-state index in [1.807, 2.05) is 88.4 Å². The number of benzene rings is 2. The zero-order valence-electron chi connectivity index (χ0n) is 18.1. The van der Waals surface area contributed by atoms with Crippen molar-refractivity contribution < 1.29 is 14.3 Å². The third-order valence-electron chi connectivity index (χ3n) is 4.27. The van der Waals surface area contributed by atoms with Gasteiger partial charge in [-0.2, -0.15) is 0 Å². The van der Waals surface area contributed by atoms with Crippen molar-refractivity contribution in [3.05, 3.63) is 83.9 Å². The number of hydrogen-bond donors (Lipinski definition) is 0. The monoisotopic (exact) mass is 395 g/mol. The fourth-order valence-electron chi connectivity index (χ4n) is 2.99. The molecule has 0 bridgehead atoms. The predicted octanol–water partition coefficient (Wildman–Crippen LogP) is 5.98. The van der Waals surface area contributed by atoms with Crippen LogP contribution in [-0.4, -0.2) is 29.2 Å². The minimum atomic E-state index is -0.565. The molecule has 156 valence electrons. The molecule has 0 aromatic heterocycles. The van der Waals surface area contributed by atoms with Gasteiger partial charge in [-0.3, -0.25) is 4.90 Å². The van der Waals surface area contributed by atoms with Crippen LogP contribution in [0.15, 0.2) is 72.8 Å². The molecule has 0 aliphatic carbocycles. The number of hydrogen-bond acceptors (Lipinski definition) is 3. The summed E-state index contributed by atoms with van der Waals surface area (Å²) in [5.41, 5.74) is 2.59. The maximum atomic E-state index is 13.0. The molecular formula is C25H33NO3. The van der Waals surface area contributed by atoms with Crippen LogP contribution in [0.5, 0.6) is 0 Å². The summed E-state index contributed by atoms with van der Waals surface area (Å²) in [7, 11) is 0. The Morgan fingerprint density at radius 1 is 1.00 bits per heavy atom. The van der Waals surface area contributed by atoms with Gasteiger partial charge in [-0.15, -0.1) is 6.58 Å². The van der Waals surface area contributed by atoms with Gasteiger partial charge in [0.05, 0.1) is 19.3 Å². The Labute approximate surface area is 175 Å². The molecule has 0 aliphatic heterocycles. The van der Waals surface area contributed by atoms with Gasteiger partial charge in [0.1, 0.15) is 5.60 Å². The smallest absolute Gasteiger partial charge is 0.410 e. The van der Waals surface area contributed by atoms with Crippen molar-refractivity contribution in [3.63, 3.8) is 0 Å². The fourth-order valence-corrected chi connectivity index (χ4v) is 2.99. The largest absolute Gasteiger partial charge is 0.444 e. The molecule has 0 saturated carbocycles. The maximum Gasteiger partial charge on any atom is 0.410 e. The van der Waals surface area contributed by atoms with E-state index in [0.717, 1.165) is 16.7 Å². The summed E-state index contributed by atoms with van der Waals surface area (Å²) in [6, 6.07) is 19.8. The molecule has 0 heterocycles. The third kappa shape index (κ3) is 8.53. The Balaban J connectivity index is 2.17. The number of amides is 1. The van der Waals surface area contributed by atoms with E-state index in [2.05, 4.69) is 6.58 Å². The van der Waals surface area contributed by atoms with Gasteiger partial charge >= 0.3 is 6.09 Å². The summed E-state index contributed by atoms with van der Waals surface area (Å²) in [5.74, 6) is 0. The molecule has 0 spiro atoms. The number of carbonyl (C=O) groups excluding carboxylic acids is 1. The quantitative estimate of drug-likeness (QED) is 0.491. The summed E-state index contributed by atoms with van der Waals surface area (Å²) in [4.78, 5) is 14.8. The molecule has 0 aliphatic rings. The number of rotatable bonds is 9. The van der Waals surface area contributed by atoms with Gasteiger partial charge in [-0.25, -0.2) is 4.79 Å². The lowest BCUT2D eigenvalue weighted by Crippen LogP contribution is -2.45. The standard InChI is InChI=1S/C25H33NO3/c1-20(2)16-23(19-28-18-22-14-10-7-11-15-22)26(24(27)29-25(3,4)5)17-21-12-8-6-9-13-21/h6-15,23H,1,16-19H2,2-5H3. The lowest BCUT2D eigenvalue weighted by atomic mass is 10.1. The van der Waals surface area contributed by atoms with Crippen LogP contribution in [0.4, 0.5) is 4.79 Å². The molecular weight excluding hydrogens is 362 g/mol. The highest BCUT2D eigenvalue weighted by molar-refractivity contribution is 5.68. The summed E-state index contributed by atoms with van der Waals surface area (Å²) in [5, 5.41) is 0. The van der Waals surface area contributed by atoms with Gasteiger partial charge in [0.25, 0.3) is 0 Å². The molecule has 2 aromatic rings. The molecule has 2 aromatic carbocycles. The fraction of sp³-hybridized carbons (Fsp3) is 0.400. The van der Waals surface area contributed by atoms with E-state index in [1.54, 1.807) is 4.90 Å². The van der Waals surface area contributed by atoms with Gasteiger partial charge in [-0.05, 0) is 45.2 Å². The van der Waals surface area contributed by atoms with Crippen molar-refractivity contribution in [1.82, 2.24) is 4.90 Å². The van der Waals surface area contributed by atoms with E-state index in [0.29, 0.717) is 26.2 Å². The number of ether oxygens (including phenoxy) is 2. The Hall–Kier alpha value is -2.59. The molecule has 0 saturated heterocycles. The van der Waals surface area contributed by atoms with Crippen LogP contribution in [0.3, 0.4) is 0 Å². The minimum absolute atomic E-state index is 0.161. The predicted molar refractivity (Wildman–Crippen MR) is 118 cm³/mol. The first-order valence-corrected chi connectivity index (χ1v) is 10.0. The van der Waals surface area contributed by atoms with E-state index in [9.17, 15) is 4.79 Å². The minimum Gasteiger partial charge on any atom is -0.444 e. The lowest BCUT2D eigenvalue weighted by Gasteiger charge is -2.34. The van der Waals surface area contributed by atoms with E-state index < -0.39 is 5.60 Å². The number of carbonyl (C=O) groups is 1. The van der Waals surface area contributed by atoms with Crippen molar-refractivity contribution in [2.24, 2.45) is 0 Å². The highest BCUT2D eigenvalue weighted by atomic mass is 16.6. The zero-order chi connectivity index (χ0) is 21.3. The molecule has 29 heavy (non-hydrogen) atoms. The molecule has 0 N–H and O–H groups in total. The van der Waals surface area contributed by atoms with Gasteiger partial charge in [0, 0.05) is 6.54 Å². The van der Waals surface area contributed by atoms with E-state index in [4.69, 9.17) is 9.47 Å². The Bertz CT molecular complexity index is 766. The van der Waals surface area contributed by atoms with Crippen LogP contribution in [0, 0.1) is 0 Å². The third-order valence-corrected chi connectivity index (χ3v) is 4.27. The first-order valence-electron chi connectivity index (χ1n) is 10.0. The summed E-state index contributed by atoms with van der Waals surface area (Å²) in [6.07, 6.45) is 0.317. The molecule has 1 atom stereocenters. The topological polar surface area (TPSA) is 38.8 Å². The molecule has 4 heteroatoms. The second kappa shape index (κ2) is 10.8. The average molecular weight is 396 g/mol. The molecule has 4 nitrogen and oxygen atoms in total. The summed E-state index contributed by atoms with van der Waals surface area (Å²) in [6.45, 7) is 13.0. The van der Waals surface area contributed by atoms with Crippen molar-refractivity contribution in [2.75, 3.05) is 6.61 Å². The molecule has 0 radical (unpaired) electrons. The lowest BCUT2D eigenvalue weighted by molar-refractivity contribution is -0.00354. The van der Waals surface area contributed by atoms with Crippen LogP contribution in [0.2, 0.25) is 0 Å². The molecule has 1 amide bonds. The molecule has 1 unspecified atom stereocenters. The molecule has 2 rings (SSSR count). The Morgan fingerprint density at radius 3 is 2.07 bits per heavy atom. The van der Waals surface area contributed by atoms with Crippen molar-refractivity contribution in [3.8, 4) is 0 Å². The molecule has 0 fully saturated rings. The van der Waals surface area contributed by atoms with E-state index >= 15 is 0 Å². The van der Waals surface area contributed by atoms with Crippen LogP contribution in [0.1, 0.15) is 45.2 Å². The first-order chi connectivity index (χ1) is 13.7. The number of nitrogens with zero attached hydrogens (tertiary/aromatic N) is 1. The van der Waals surface area contributed by atoms with Crippen LogP contribution in [-0.2, 0) is 22.6 Å².